The topological polar surface area (TPSA) is 65.6 Å². The number of para-hydroxylation sites is 1. The van der Waals surface area contributed by atoms with Crippen molar-refractivity contribution in [1.29, 1.82) is 0 Å². The smallest absolute Gasteiger partial charge is 0.328 e. The van der Waals surface area contributed by atoms with Crippen molar-refractivity contribution < 1.29 is 14.3 Å². The predicted molar refractivity (Wildman–Crippen MR) is 118 cm³/mol. The maximum absolute atomic E-state index is 13.7. The van der Waals surface area contributed by atoms with Gasteiger partial charge in [0, 0.05) is 29.6 Å². The van der Waals surface area contributed by atoms with E-state index in [0.29, 0.717) is 19.4 Å². The molecule has 1 aromatic heterocycles. The van der Waals surface area contributed by atoms with Gasteiger partial charge in [0.25, 0.3) is 0 Å². The third-order valence-electron chi connectivity index (χ3n) is 6.88. The van der Waals surface area contributed by atoms with Gasteiger partial charge in [-0.25, -0.2) is 4.79 Å². The Balaban J connectivity index is 1.52. The summed E-state index contributed by atoms with van der Waals surface area (Å²) in [6.07, 6.45) is 1.06. The van der Waals surface area contributed by atoms with Crippen molar-refractivity contribution in [3.8, 4) is 0 Å². The van der Waals surface area contributed by atoms with Gasteiger partial charge in [-0.3, -0.25) is 9.69 Å². The van der Waals surface area contributed by atoms with Gasteiger partial charge in [-0.15, -0.1) is 0 Å². The van der Waals surface area contributed by atoms with E-state index in [1.807, 2.05) is 56.3 Å². The maximum Gasteiger partial charge on any atom is 0.328 e. The summed E-state index contributed by atoms with van der Waals surface area (Å²) >= 11 is 0. The van der Waals surface area contributed by atoms with Crippen LogP contribution in [-0.2, 0) is 33.7 Å². The van der Waals surface area contributed by atoms with Gasteiger partial charge in [-0.1, -0.05) is 48.5 Å². The molecule has 5 rings (SSSR count). The van der Waals surface area contributed by atoms with Crippen LogP contribution in [0, 0.1) is 0 Å². The van der Waals surface area contributed by atoms with E-state index in [1.54, 1.807) is 4.90 Å². The molecule has 0 bridgehead atoms. The number of hydrogen-bond donors (Lipinski definition) is 1. The molecule has 0 aliphatic carbocycles. The number of H-pyrrole nitrogens is 1. The summed E-state index contributed by atoms with van der Waals surface area (Å²) in [5.74, 6) is -0.388. The maximum atomic E-state index is 13.7. The molecule has 0 unspecified atom stereocenters. The number of benzene rings is 2. The van der Waals surface area contributed by atoms with E-state index in [4.69, 9.17) is 4.74 Å². The first kappa shape index (κ1) is 19.8. The van der Waals surface area contributed by atoms with Gasteiger partial charge in [0.2, 0.25) is 5.91 Å². The minimum atomic E-state index is -0.671. The summed E-state index contributed by atoms with van der Waals surface area (Å²) in [6.45, 7) is 4.70. The van der Waals surface area contributed by atoms with E-state index >= 15 is 0 Å². The van der Waals surface area contributed by atoms with Crippen molar-refractivity contribution in [2.75, 3.05) is 7.11 Å². The number of hydrogen-bond acceptors (Lipinski definition) is 4. The van der Waals surface area contributed by atoms with Crippen LogP contribution in [0.25, 0.3) is 10.9 Å². The zero-order valence-corrected chi connectivity index (χ0v) is 18.1. The fourth-order valence-electron chi connectivity index (χ4n) is 5.36. The minimum Gasteiger partial charge on any atom is -0.467 e. The van der Waals surface area contributed by atoms with Crippen molar-refractivity contribution in [3.63, 3.8) is 0 Å². The van der Waals surface area contributed by atoms with E-state index < -0.39 is 11.7 Å². The van der Waals surface area contributed by atoms with Crippen LogP contribution in [0.2, 0.25) is 0 Å². The molecule has 6 heteroatoms. The van der Waals surface area contributed by atoms with Crippen LogP contribution in [0.3, 0.4) is 0 Å². The van der Waals surface area contributed by atoms with E-state index in [9.17, 15) is 9.59 Å². The Morgan fingerprint density at radius 3 is 2.61 bits per heavy atom. The van der Waals surface area contributed by atoms with E-state index in [2.05, 4.69) is 22.0 Å². The number of nitrogens with one attached hydrogen (secondary N) is 1. The van der Waals surface area contributed by atoms with Crippen LogP contribution in [0.4, 0.5) is 0 Å². The first-order valence-corrected chi connectivity index (χ1v) is 10.7. The summed E-state index contributed by atoms with van der Waals surface area (Å²) in [6, 6.07) is 17.1. The molecule has 3 aromatic rings. The lowest BCUT2D eigenvalue weighted by Crippen LogP contribution is -2.56. The lowest BCUT2D eigenvalue weighted by atomic mass is 9.96. The van der Waals surface area contributed by atoms with Crippen LogP contribution >= 0.6 is 0 Å². The Bertz CT molecular complexity index is 1150. The summed E-state index contributed by atoms with van der Waals surface area (Å²) in [7, 11) is 1.39. The number of nitrogens with zero attached hydrogens (tertiary/aromatic N) is 2. The summed E-state index contributed by atoms with van der Waals surface area (Å²) in [4.78, 5) is 34.1. The third kappa shape index (κ3) is 3.05. The number of methoxy groups -OCH3 is 1. The average Bonchev–Trinajstić information content (AvgIpc) is 3.23. The molecule has 2 atom stereocenters. The second kappa shape index (κ2) is 7.24. The zero-order chi connectivity index (χ0) is 21.8. The fourth-order valence-corrected chi connectivity index (χ4v) is 5.36. The quantitative estimate of drug-likeness (QED) is 0.662. The molecular formula is C25H27N3O3. The molecular weight excluding hydrogens is 390 g/mol. The number of amides is 1. The van der Waals surface area contributed by atoms with E-state index in [0.717, 1.165) is 16.8 Å². The monoisotopic (exact) mass is 417 g/mol. The minimum absolute atomic E-state index is 0.00716. The first-order valence-electron chi connectivity index (χ1n) is 10.7. The van der Waals surface area contributed by atoms with Crippen molar-refractivity contribution in [1.82, 2.24) is 14.8 Å². The van der Waals surface area contributed by atoms with Crippen LogP contribution in [0.5, 0.6) is 0 Å². The second-order valence-electron chi connectivity index (χ2n) is 8.91. The zero-order valence-electron chi connectivity index (χ0n) is 18.1. The predicted octanol–water partition coefficient (Wildman–Crippen LogP) is 3.26. The summed E-state index contributed by atoms with van der Waals surface area (Å²) < 4.78 is 5.14. The van der Waals surface area contributed by atoms with Gasteiger partial charge in [0.05, 0.1) is 18.8 Å². The molecule has 0 radical (unpaired) electrons. The van der Waals surface area contributed by atoms with Gasteiger partial charge in [-0.05, 0) is 37.5 Å². The largest absolute Gasteiger partial charge is 0.467 e. The number of ether oxygens (including phenoxy) is 1. The Morgan fingerprint density at radius 1 is 1.16 bits per heavy atom. The molecule has 3 heterocycles. The fraction of sp³-hybridized carbons (Fsp3) is 0.360. The lowest BCUT2D eigenvalue weighted by molar-refractivity contribution is -0.155. The number of rotatable bonds is 4. The van der Waals surface area contributed by atoms with E-state index in [1.165, 1.54) is 18.1 Å². The molecule has 0 spiro atoms. The second-order valence-corrected chi connectivity index (χ2v) is 8.91. The Labute approximate surface area is 181 Å². The van der Waals surface area contributed by atoms with Gasteiger partial charge in [0.1, 0.15) is 6.04 Å². The molecule has 1 amide bonds. The molecule has 2 aliphatic heterocycles. The molecule has 1 N–H and O–H groups in total. The van der Waals surface area contributed by atoms with Crippen molar-refractivity contribution in [2.45, 2.75) is 51.0 Å². The van der Waals surface area contributed by atoms with Crippen LogP contribution < -0.4 is 0 Å². The SMILES string of the molecule is COC(=O)[C@H](Cc1ccccc1)N1C(=O)[C@@H]2Cc3c([nH]c4ccccc34)CN2C1(C)C. The van der Waals surface area contributed by atoms with Crippen LogP contribution in [-0.4, -0.2) is 51.5 Å². The number of carbonyl (C=O) groups is 2. The average molecular weight is 418 g/mol. The van der Waals surface area contributed by atoms with Crippen molar-refractivity contribution in [2.24, 2.45) is 0 Å². The molecule has 0 saturated carbocycles. The van der Waals surface area contributed by atoms with Crippen LogP contribution in [0.15, 0.2) is 54.6 Å². The number of carbonyl (C=O) groups excluding carboxylic acids is 2. The molecule has 1 saturated heterocycles. The first-order chi connectivity index (χ1) is 14.9. The molecule has 6 nitrogen and oxygen atoms in total. The lowest BCUT2D eigenvalue weighted by Gasteiger charge is -2.42. The van der Waals surface area contributed by atoms with Gasteiger partial charge in [0.15, 0.2) is 0 Å². The number of fused-ring (bicyclic) bond motifs is 4. The van der Waals surface area contributed by atoms with Crippen molar-refractivity contribution >= 4 is 22.8 Å². The third-order valence-corrected chi connectivity index (χ3v) is 6.88. The molecule has 1 fully saturated rings. The van der Waals surface area contributed by atoms with Crippen molar-refractivity contribution in [3.05, 3.63) is 71.4 Å². The van der Waals surface area contributed by atoms with Crippen LogP contribution in [0.1, 0.15) is 30.7 Å². The molecule has 2 aromatic carbocycles. The summed E-state index contributed by atoms with van der Waals surface area (Å²) in [5.41, 5.74) is 3.85. The highest BCUT2D eigenvalue weighted by Crippen LogP contribution is 2.42. The molecule has 2 aliphatic rings. The number of esters is 1. The molecule has 160 valence electrons. The highest BCUT2D eigenvalue weighted by Gasteiger charge is 2.56. The normalized spacial score (nSPS) is 21.1. The van der Waals surface area contributed by atoms with Gasteiger partial charge in [-0.2, -0.15) is 0 Å². The highest BCUT2D eigenvalue weighted by molar-refractivity contribution is 5.92. The number of aromatic amines is 1. The van der Waals surface area contributed by atoms with Gasteiger partial charge < -0.3 is 14.6 Å². The Morgan fingerprint density at radius 2 is 1.87 bits per heavy atom. The molecule has 31 heavy (non-hydrogen) atoms. The van der Waals surface area contributed by atoms with Gasteiger partial charge >= 0.3 is 5.97 Å². The number of aromatic nitrogens is 1. The Kier molecular flexibility index (Phi) is 4.63. The Hall–Kier alpha value is -3.12. The standard InChI is InChI=1S/C25H27N3O3/c1-25(2)27-15-20-18(17-11-7-8-12-19(17)26-20)14-21(27)23(29)28(25)22(24(30)31-3)13-16-9-5-4-6-10-16/h4-12,21-22,26H,13-15H2,1-3H3/t21-,22-/m0/s1. The van der Waals surface area contributed by atoms with E-state index in [-0.39, 0.29) is 17.9 Å². The highest BCUT2D eigenvalue weighted by atomic mass is 16.5. The summed E-state index contributed by atoms with van der Waals surface area (Å²) in [5, 5.41) is 1.18.